The van der Waals surface area contributed by atoms with Gasteiger partial charge in [0.05, 0.1) is 0 Å². The molecule has 1 heterocycles. The first-order valence-corrected chi connectivity index (χ1v) is 5.50. The lowest BCUT2D eigenvalue weighted by molar-refractivity contribution is 0.749. The second kappa shape index (κ2) is 5.36. The fourth-order valence-electron chi connectivity index (χ4n) is 0.998. The number of nitrogens with zero attached hydrogens (tertiary/aromatic N) is 3. The molecule has 1 rings (SSSR count). The SMILES string of the molecule is CCCCN(C)c1ncc(I)cn1. The molecule has 0 atom stereocenters. The van der Waals surface area contributed by atoms with Gasteiger partial charge >= 0.3 is 0 Å². The van der Waals surface area contributed by atoms with Crippen molar-refractivity contribution in [1.82, 2.24) is 9.97 Å². The van der Waals surface area contributed by atoms with Crippen molar-refractivity contribution in [3.8, 4) is 0 Å². The molecule has 0 fully saturated rings. The van der Waals surface area contributed by atoms with Crippen molar-refractivity contribution in [2.45, 2.75) is 19.8 Å². The molecule has 3 nitrogen and oxygen atoms in total. The average Bonchev–Trinajstić information content (AvgIpc) is 2.15. The van der Waals surface area contributed by atoms with E-state index in [9.17, 15) is 0 Å². The Morgan fingerprint density at radius 2 is 2.00 bits per heavy atom. The fraction of sp³-hybridized carbons (Fsp3) is 0.556. The minimum atomic E-state index is 0.814. The quantitative estimate of drug-likeness (QED) is 0.797. The summed E-state index contributed by atoms with van der Waals surface area (Å²) in [5.41, 5.74) is 0. The van der Waals surface area contributed by atoms with Crippen molar-refractivity contribution in [1.29, 1.82) is 0 Å². The Hall–Kier alpha value is -0.390. The van der Waals surface area contributed by atoms with Gasteiger partial charge in [-0.3, -0.25) is 0 Å². The van der Waals surface area contributed by atoms with E-state index in [1.54, 1.807) is 0 Å². The van der Waals surface area contributed by atoms with E-state index in [-0.39, 0.29) is 0 Å². The second-order valence-electron chi connectivity index (χ2n) is 2.98. The lowest BCUT2D eigenvalue weighted by Gasteiger charge is -2.15. The zero-order chi connectivity index (χ0) is 9.68. The predicted molar refractivity (Wildman–Crippen MR) is 62.9 cm³/mol. The smallest absolute Gasteiger partial charge is 0.225 e. The highest BCUT2D eigenvalue weighted by molar-refractivity contribution is 14.1. The van der Waals surface area contributed by atoms with Crippen LogP contribution in [0.25, 0.3) is 0 Å². The second-order valence-corrected chi connectivity index (χ2v) is 4.22. The summed E-state index contributed by atoms with van der Waals surface area (Å²) in [6.45, 7) is 3.21. The normalized spacial score (nSPS) is 10.1. The number of unbranched alkanes of at least 4 members (excludes halogenated alkanes) is 1. The summed E-state index contributed by atoms with van der Waals surface area (Å²) in [6.07, 6.45) is 6.07. The van der Waals surface area contributed by atoms with Gasteiger partial charge in [0, 0.05) is 29.6 Å². The summed E-state index contributed by atoms with van der Waals surface area (Å²) >= 11 is 2.21. The average molecular weight is 291 g/mol. The molecule has 0 radical (unpaired) electrons. The van der Waals surface area contributed by atoms with Crippen LogP contribution in [0.15, 0.2) is 12.4 Å². The Bertz CT molecular complexity index is 248. The largest absolute Gasteiger partial charge is 0.344 e. The molecule has 0 amide bonds. The molecule has 0 bridgehead atoms. The molecule has 72 valence electrons. The molecule has 0 spiro atoms. The van der Waals surface area contributed by atoms with E-state index < -0.39 is 0 Å². The van der Waals surface area contributed by atoms with E-state index in [1.165, 1.54) is 12.8 Å². The van der Waals surface area contributed by atoms with Crippen molar-refractivity contribution in [3.05, 3.63) is 16.0 Å². The minimum absolute atomic E-state index is 0.814. The molecule has 4 heteroatoms. The van der Waals surface area contributed by atoms with Crippen LogP contribution in [-0.2, 0) is 0 Å². The van der Waals surface area contributed by atoms with Crippen LogP contribution >= 0.6 is 22.6 Å². The van der Waals surface area contributed by atoms with Gasteiger partial charge in [-0.2, -0.15) is 0 Å². The van der Waals surface area contributed by atoms with Crippen LogP contribution in [0.3, 0.4) is 0 Å². The summed E-state index contributed by atoms with van der Waals surface area (Å²) in [4.78, 5) is 10.6. The molecule has 0 aliphatic heterocycles. The molecule has 0 saturated heterocycles. The molecule has 0 saturated carbocycles. The standard InChI is InChI=1S/C9H14IN3/c1-3-4-5-13(2)9-11-6-8(10)7-12-9/h6-7H,3-5H2,1-2H3. The molecule has 1 aromatic heterocycles. The van der Waals surface area contributed by atoms with Crippen LogP contribution in [-0.4, -0.2) is 23.6 Å². The van der Waals surface area contributed by atoms with Crippen molar-refractivity contribution < 1.29 is 0 Å². The third-order valence-corrected chi connectivity index (χ3v) is 2.35. The Morgan fingerprint density at radius 3 is 2.54 bits per heavy atom. The van der Waals surface area contributed by atoms with Gasteiger partial charge in [0.2, 0.25) is 5.95 Å². The minimum Gasteiger partial charge on any atom is -0.344 e. The van der Waals surface area contributed by atoms with Gasteiger partial charge in [-0.25, -0.2) is 9.97 Å². The monoisotopic (exact) mass is 291 g/mol. The van der Waals surface area contributed by atoms with Gasteiger partial charge in [-0.05, 0) is 29.0 Å². The molecule has 0 aliphatic rings. The highest BCUT2D eigenvalue weighted by Crippen LogP contribution is 2.07. The lowest BCUT2D eigenvalue weighted by atomic mass is 10.3. The van der Waals surface area contributed by atoms with Gasteiger partial charge in [0.1, 0.15) is 0 Å². The number of hydrogen-bond donors (Lipinski definition) is 0. The number of rotatable bonds is 4. The van der Waals surface area contributed by atoms with Crippen molar-refractivity contribution in [3.63, 3.8) is 0 Å². The predicted octanol–water partition coefficient (Wildman–Crippen LogP) is 2.32. The Balaban J connectivity index is 2.55. The highest BCUT2D eigenvalue weighted by atomic mass is 127. The van der Waals surface area contributed by atoms with E-state index in [1.807, 2.05) is 19.4 Å². The number of halogens is 1. The summed E-state index contributed by atoms with van der Waals surface area (Å²) < 4.78 is 1.07. The maximum Gasteiger partial charge on any atom is 0.225 e. The topological polar surface area (TPSA) is 29.0 Å². The summed E-state index contributed by atoms with van der Waals surface area (Å²) in [5.74, 6) is 0.814. The van der Waals surface area contributed by atoms with Crippen molar-refractivity contribution in [2.75, 3.05) is 18.5 Å². The number of aromatic nitrogens is 2. The van der Waals surface area contributed by atoms with Gasteiger partial charge in [-0.15, -0.1) is 0 Å². The molecule has 1 aromatic rings. The summed E-state index contributed by atoms with van der Waals surface area (Å²) in [7, 11) is 2.03. The van der Waals surface area contributed by atoms with Crippen LogP contribution in [0.2, 0.25) is 0 Å². The van der Waals surface area contributed by atoms with E-state index in [0.29, 0.717) is 0 Å². The Morgan fingerprint density at radius 1 is 1.38 bits per heavy atom. The third kappa shape index (κ3) is 3.46. The van der Waals surface area contributed by atoms with Gasteiger partial charge in [-0.1, -0.05) is 13.3 Å². The van der Waals surface area contributed by atoms with Crippen molar-refractivity contribution in [2.24, 2.45) is 0 Å². The Labute approximate surface area is 92.7 Å². The molecule has 13 heavy (non-hydrogen) atoms. The van der Waals surface area contributed by atoms with Gasteiger partial charge < -0.3 is 4.90 Å². The van der Waals surface area contributed by atoms with E-state index in [2.05, 4.69) is 44.4 Å². The van der Waals surface area contributed by atoms with Crippen LogP contribution in [0.1, 0.15) is 19.8 Å². The zero-order valence-corrected chi connectivity index (χ0v) is 10.2. The Kier molecular flexibility index (Phi) is 4.41. The molecular formula is C9H14IN3. The maximum absolute atomic E-state index is 4.24. The van der Waals surface area contributed by atoms with Crippen molar-refractivity contribution >= 4 is 28.5 Å². The van der Waals surface area contributed by atoms with E-state index >= 15 is 0 Å². The maximum atomic E-state index is 4.24. The molecular weight excluding hydrogens is 277 g/mol. The van der Waals surface area contributed by atoms with Gasteiger partial charge in [0.15, 0.2) is 0 Å². The zero-order valence-electron chi connectivity index (χ0n) is 8.00. The first kappa shape index (κ1) is 10.7. The van der Waals surface area contributed by atoms with E-state index in [0.717, 1.165) is 16.1 Å². The van der Waals surface area contributed by atoms with Crippen LogP contribution in [0, 0.1) is 3.57 Å². The first-order valence-electron chi connectivity index (χ1n) is 4.42. The van der Waals surface area contributed by atoms with E-state index in [4.69, 9.17) is 0 Å². The summed E-state index contributed by atoms with van der Waals surface area (Å²) in [5, 5.41) is 0. The number of anilines is 1. The number of hydrogen-bond acceptors (Lipinski definition) is 3. The summed E-state index contributed by atoms with van der Waals surface area (Å²) in [6, 6.07) is 0. The molecule has 0 unspecified atom stereocenters. The van der Waals surface area contributed by atoms with Crippen LogP contribution in [0.5, 0.6) is 0 Å². The fourth-order valence-corrected chi connectivity index (χ4v) is 1.28. The molecule has 0 N–H and O–H groups in total. The molecule has 0 aliphatic carbocycles. The first-order chi connectivity index (χ1) is 6.24. The third-order valence-electron chi connectivity index (χ3n) is 1.80. The highest BCUT2D eigenvalue weighted by Gasteiger charge is 2.01. The molecule has 0 aromatic carbocycles. The van der Waals surface area contributed by atoms with Gasteiger partial charge in [0.25, 0.3) is 0 Å². The lowest BCUT2D eigenvalue weighted by Crippen LogP contribution is -2.20. The van der Waals surface area contributed by atoms with Crippen LogP contribution in [0.4, 0.5) is 5.95 Å². The van der Waals surface area contributed by atoms with Crippen LogP contribution < -0.4 is 4.90 Å².